The first kappa shape index (κ1) is 7.57. The summed E-state index contributed by atoms with van der Waals surface area (Å²) < 4.78 is 0. The zero-order chi connectivity index (χ0) is 6.41. The fourth-order valence-corrected chi connectivity index (χ4v) is 1.01. The molecule has 1 nitrogen and oxygen atoms in total. The fourth-order valence-electron chi connectivity index (χ4n) is 0.312. The number of nitriles is 1. The van der Waals surface area contributed by atoms with E-state index in [2.05, 4.69) is 16.8 Å². The summed E-state index contributed by atoms with van der Waals surface area (Å²) in [4.78, 5) is 2.42. The number of hydrogen-bond acceptors (Lipinski definition) is 1. The van der Waals surface area contributed by atoms with E-state index in [0.717, 1.165) is 0 Å². The van der Waals surface area contributed by atoms with Gasteiger partial charge >= 0.3 is 55.7 Å². The second-order valence-electron chi connectivity index (χ2n) is 1.25. The van der Waals surface area contributed by atoms with Crippen LogP contribution >= 0.6 is 0 Å². The van der Waals surface area contributed by atoms with Gasteiger partial charge in [0.25, 0.3) is 0 Å². The van der Waals surface area contributed by atoms with E-state index in [1.807, 2.05) is 6.92 Å². The van der Waals surface area contributed by atoms with E-state index in [4.69, 9.17) is 5.26 Å². The Morgan fingerprint density at radius 3 is 2.62 bits per heavy atom. The molecule has 0 bridgehead atoms. The standard InChI is InChI=1S/C6H7NSe/c1-3-4-6(2)8-5-7/h6H,1-2H3. The van der Waals surface area contributed by atoms with E-state index in [0.29, 0.717) is 4.82 Å². The van der Waals surface area contributed by atoms with Crippen LogP contribution in [0.15, 0.2) is 0 Å². The number of rotatable bonds is 1. The topological polar surface area (TPSA) is 23.8 Å². The molecule has 0 fully saturated rings. The SMILES string of the molecule is CC#CC(C)[Se]C#N. The average molecular weight is 172 g/mol. The maximum absolute atomic E-state index is 8.17. The molecular formula is C6H7NSe. The van der Waals surface area contributed by atoms with Gasteiger partial charge in [-0.15, -0.1) is 0 Å². The minimum atomic E-state index is 0.0585. The maximum atomic E-state index is 8.17. The molecule has 1 unspecified atom stereocenters. The molecule has 0 saturated heterocycles. The van der Waals surface area contributed by atoms with E-state index in [9.17, 15) is 0 Å². The molecule has 42 valence electrons. The molecule has 0 rings (SSSR count). The average Bonchev–Trinajstić information content (AvgIpc) is 1.68. The molecule has 0 aliphatic carbocycles. The number of nitrogens with zero attached hydrogens (tertiary/aromatic N) is 1. The van der Waals surface area contributed by atoms with Crippen molar-refractivity contribution in [3.8, 4) is 16.8 Å². The zero-order valence-corrected chi connectivity index (χ0v) is 6.65. The van der Waals surface area contributed by atoms with Crippen molar-refractivity contribution in [1.29, 1.82) is 5.26 Å². The summed E-state index contributed by atoms with van der Waals surface area (Å²) in [5.74, 6) is 5.67. The van der Waals surface area contributed by atoms with Crippen LogP contribution in [0.25, 0.3) is 0 Å². The van der Waals surface area contributed by atoms with Crippen LogP contribution in [0.5, 0.6) is 0 Å². The summed E-state index contributed by atoms with van der Waals surface area (Å²) >= 11 is 0.0585. The predicted molar refractivity (Wildman–Crippen MR) is 34.2 cm³/mol. The molecule has 0 aromatic heterocycles. The van der Waals surface area contributed by atoms with Gasteiger partial charge < -0.3 is 0 Å². The summed E-state index contributed by atoms with van der Waals surface area (Å²) in [7, 11) is 0. The third-order valence-electron chi connectivity index (χ3n) is 0.577. The summed E-state index contributed by atoms with van der Waals surface area (Å²) in [5, 5.41) is 8.17. The van der Waals surface area contributed by atoms with Crippen molar-refractivity contribution in [1.82, 2.24) is 0 Å². The van der Waals surface area contributed by atoms with Crippen LogP contribution in [0.1, 0.15) is 13.8 Å². The Morgan fingerprint density at radius 1 is 1.62 bits per heavy atom. The Morgan fingerprint density at radius 2 is 2.25 bits per heavy atom. The van der Waals surface area contributed by atoms with Gasteiger partial charge in [-0.2, -0.15) is 0 Å². The molecule has 0 saturated carbocycles. The van der Waals surface area contributed by atoms with Gasteiger partial charge in [0.2, 0.25) is 0 Å². The molecule has 2 heteroatoms. The first-order valence-electron chi connectivity index (χ1n) is 2.28. The van der Waals surface area contributed by atoms with Crippen molar-refractivity contribution in [3.05, 3.63) is 0 Å². The molecule has 1 atom stereocenters. The van der Waals surface area contributed by atoms with E-state index >= 15 is 0 Å². The van der Waals surface area contributed by atoms with Gasteiger partial charge in [-0.3, -0.25) is 0 Å². The second kappa shape index (κ2) is 4.72. The summed E-state index contributed by atoms with van der Waals surface area (Å²) in [6.07, 6.45) is 0. The molecular weight excluding hydrogens is 165 g/mol. The molecule has 0 spiro atoms. The van der Waals surface area contributed by atoms with Gasteiger partial charge in [0.05, 0.1) is 0 Å². The van der Waals surface area contributed by atoms with Crippen LogP contribution < -0.4 is 0 Å². The van der Waals surface area contributed by atoms with Crippen molar-refractivity contribution in [2.75, 3.05) is 0 Å². The van der Waals surface area contributed by atoms with Gasteiger partial charge in [0, 0.05) is 0 Å². The van der Waals surface area contributed by atoms with Crippen molar-refractivity contribution in [3.63, 3.8) is 0 Å². The van der Waals surface area contributed by atoms with Crippen LogP contribution in [0.4, 0.5) is 0 Å². The molecule has 0 aromatic carbocycles. The molecule has 0 heterocycles. The van der Waals surface area contributed by atoms with Gasteiger partial charge in [-0.1, -0.05) is 0 Å². The van der Waals surface area contributed by atoms with E-state index in [1.54, 1.807) is 6.92 Å². The van der Waals surface area contributed by atoms with Crippen molar-refractivity contribution < 1.29 is 0 Å². The van der Waals surface area contributed by atoms with Crippen molar-refractivity contribution >= 4 is 15.0 Å². The first-order chi connectivity index (χ1) is 3.81. The fraction of sp³-hybridized carbons (Fsp3) is 0.500. The van der Waals surface area contributed by atoms with E-state index in [-0.39, 0.29) is 15.0 Å². The minimum absolute atomic E-state index is 0.0585. The first-order valence-corrected chi connectivity index (χ1v) is 4.13. The Labute approximate surface area is 56.2 Å². The molecule has 0 aliphatic heterocycles. The van der Waals surface area contributed by atoms with E-state index in [1.165, 1.54) is 0 Å². The van der Waals surface area contributed by atoms with Crippen LogP contribution in [-0.2, 0) is 0 Å². The van der Waals surface area contributed by atoms with Crippen molar-refractivity contribution in [2.45, 2.75) is 18.7 Å². The third-order valence-corrected chi connectivity index (χ3v) is 1.79. The predicted octanol–water partition coefficient (Wildman–Crippen LogP) is 1.00. The van der Waals surface area contributed by atoms with Gasteiger partial charge in [0.1, 0.15) is 0 Å². The van der Waals surface area contributed by atoms with Crippen molar-refractivity contribution in [2.24, 2.45) is 0 Å². The van der Waals surface area contributed by atoms with E-state index < -0.39 is 0 Å². The van der Waals surface area contributed by atoms with Crippen LogP contribution in [0.2, 0.25) is 4.82 Å². The Bertz CT molecular complexity index is 146. The number of hydrogen-bond donors (Lipinski definition) is 0. The second-order valence-corrected chi connectivity index (χ2v) is 3.61. The normalized spacial score (nSPS) is 10.6. The quantitative estimate of drug-likeness (QED) is 0.427. The molecule has 0 amide bonds. The zero-order valence-electron chi connectivity index (χ0n) is 4.93. The Kier molecular flexibility index (Phi) is 4.47. The van der Waals surface area contributed by atoms with Crippen LogP contribution in [0.3, 0.4) is 0 Å². The molecule has 8 heavy (non-hydrogen) atoms. The van der Waals surface area contributed by atoms with Crippen LogP contribution in [-0.4, -0.2) is 15.0 Å². The summed E-state index contributed by atoms with van der Waals surface area (Å²) in [6.45, 7) is 3.77. The molecule has 0 aromatic rings. The molecule has 0 aliphatic rings. The van der Waals surface area contributed by atoms with Gasteiger partial charge in [-0.25, -0.2) is 0 Å². The molecule has 0 N–H and O–H groups in total. The summed E-state index contributed by atoms with van der Waals surface area (Å²) in [6, 6.07) is 0. The Hall–Kier alpha value is -0.431. The van der Waals surface area contributed by atoms with Gasteiger partial charge in [-0.05, 0) is 0 Å². The Balaban J connectivity index is 3.47. The monoisotopic (exact) mass is 173 g/mol. The summed E-state index contributed by atoms with van der Waals surface area (Å²) in [5.41, 5.74) is 0. The third kappa shape index (κ3) is 3.75. The van der Waals surface area contributed by atoms with Crippen LogP contribution in [0, 0.1) is 22.1 Å². The van der Waals surface area contributed by atoms with Gasteiger partial charge in [0.15, 0.2) is 0 Å². The molecule has 0 radical (unpaired) electrons.